The van der Waals surface area contributed by atoms with Crippen molar-refractivity contribution >= 4 is 0 Å². The molecule has 1 aliphatic rings. The molecule has 2 heteroatoms. The summed E-state index contributed by atoms with van der Waals surface area (Å²) in [6.07, 6.45) is 9.61. The van der Waals surface area contributed by atoms with E-state index >= 15 is 0 Å². The average Bonchev–Trinajstić information content (AvgIpc) is 2.54. The SMILES string of the molecule is CCCC(C)N(C)C1CCCCCC1NCC. The van der Waals surface area contributed by atoms with E-state index in [2.05, 4.69) is 38.0 Å². The molecule has 0 aromatic rings. The lowest BCUT2D eigenvalue weighted by molar-refractivity contribution is 0.133. The van der Waals surface area contributed by atoms with Crippen molar-refractivity contribution in [1.82, 2.24) is 10.2 Å². The maximum Gasteiger partial charge on any atom is 0.0249 e. The van der Waals surface area contributed by atoms with E-state index in [4.69, 9.17) is 0 Å². The summed E-state index contributed by atoms with van der Waals surface area (Å²) >= 11 is 0. The van der Waals surface area contributed by atoms with Crippen molar-refractivity contribution < 1.29 is 0 Å². The Hall–Kier alpha value is -0.0800. The second-order valence-corrected chi connectivity index (χ2v) is 5.67. The summed E-state index contributed by atoms with van der Waals surface area (Å²) in [5, 5.41) is 3.71. The van der Waals surface area contributed by atoms with Crippen LogP contribution in [0.25, 0.3) is 0 Å². The lowest BCUT2D eigenvalue weighted by Crippen LogP contribution is -2.50. The van der Waals surface area contributed by atoms with Crippen LogP contribution in [-0.4, -0.2) is 36.6 Å². The Labute approximate surface area is 108 Å². The van der Waals surface area contributed by atoms with Crippen LogP contribution in [0.2, 0.25) is 0 Å². The molecule has 3 unspecified atom stereocenters. The standard InChI is InChI=1S/C15H32N2/c1-5-10-13(3)17(4)15-12-9-7-8-11-14(15)16-6-2/h13-16H,5-12H2,1-4H3. The minimum atomic E-state index is 0.715. The summed E-state index contributed by atoms with van der Waals surface area (Å²) in [5.41, 5.74) is 0. The normalized spacial score (nSPS) is 28.1. The highest BCUT2D eigenvalue weighted by Crippen LogP contribution is 2.24. The molecule has 0 saturated heterocycles. The van der Waals surface area contributed by atoms with Gasteiger partial charge in [0.25, 0.3) is 0 Å². The monoisotopic (exact) mass is 240 g/mol. The Kier molecular flexibility index (Phi) is 7.14. The van der Waals surface area contributed by atoms with Crippen LogP contribution >= 0.6 is 0 Å². The summed E-state index contributed by atoms with van der Waals surface area (Å²) in [5.74, 6) is 0. The quantitative estimate of drug-likeness (QED) is 0.716. The molecule has 2 nitrogen and oxygen atoms in total. The summed E-state index contributed by atoms with van der Waals surface area (Å²) < 4.78 is 0. The molecule has 0 spiro atoms. The molecule has 0 aromatic heterocycles. The smallest absolute Gasteiger partial charge is 0.0249 e. The zero-order valence-corrected chi connectivity index (χ0v) is 12.3. The molecule has 1 fully saturated rings. The molecule has 1 aliphatic carbocycles. The van der Waals surface area contributed by atoms with Gasteiger partial charge in [-0.05, 0) is 39.8 Å². The van der Waals surface area contributed by atoms with E-state index in [1.807, 2.05) is 0 Å². The van der Waals surface area contributed by atoms with Crippen molar-refractivity contribution in [2.24, 2.45) is 0 Å². The number of rotatable bonds is 6. The van der Waals surface area contributed by atoms with Crippen molar-refractivity contribution in [1.29, 1.82) is 0 Å². The first kappa shape index (κ1) is 15.0. The van der Waals surface area contributed by atoms with Gasteiger partial charge in [-0.3, -0.25) is 4.90 Å². The molecule has 0 aromatic carbocycles. The summed E-state index contributed by atoms with van der Waals surface area (Å²) in [4.78, 5) is 2.64. The maximum atomic E-state index is 3.71. The minimum Gasteiger partial charge on any atom is -0.313 e. The van der Waals surface area contributed by atoms with Crippen LogP contribution in [0.1, 0.15) is 65.7 Å². The van der Waals surface area contributed by atoms with Crippen LogP contribution in [0, 0.1) is 0 Å². The topological polar surface area (TPSA) is 15.3 Å². The van der Waals surface area contributed by atoms with Gasteiger partial charge in [0, 0.05) is 18.1 Å². The molecule has 0 bridgehead atoms. The Morgan fingerprint density at radius 1 is 1.18 bits per heavy atom. The highest BCUT2D eigenvalue weighted by Gasteiger charge is 2.28. The molecular weight excluding hydrogens is 208 g/mol. The maximum absolute atomic E-state index is 3.71. The van der Waals surface area contributed by atoms with Crippen molar-refractivity contribution in [3.63, 3.8) is 0 Å². The molecule has 0 amide bonds. The summed E-state index contributed by atoms with van der Waals surface area (Å²) in [6.45, 7) is 8.02. The van der Waals surface area contributed by atoms with Crippen LogP contribution in [0.15, 0.2) is 0 Å². The van der Waals surface area contributed by atoms with Gasteiger partial charge in [-0.15, -0.1) is 0 Å². The molecular formula is C15H32N2. The molecule has 1 rings (SSSR count). The Morgan fingerprint density at radius 3 is 2.53 bits per heavy atom. The van der Waals surface area contributed by atoms with Gasteiger partial charge in [0.05, 0.1) is 0 Å². The van der Waals surface area contributed by atoms with Crippen molar-refractivity contribution in [3.8, 4) is 0 Å². The van der Waals surface area contributed by atoms with Crippen LogP contribution in [0.5, 0.6) is 0 Å². The highest BCUT2D eigenvalue weighted by molar-refractivity contribution is 4.87. The number of likely N-dealkylation sites (N-methyl/N-ethyl adjacent to an activating group) is 2. The Balaban J connectivity index is 2.60. The molecule has 3 atom stereocenters. The van der Waals surface area contributed by atoms with E-state index in [-0.39, 0.29) is 0 Å². The summed E-state index contributed by atoms with van der Waals surface area (Å²) in [6, 6.07) is 2.19. The molecule has 0 radical (unpaired) electrons. The highest BCUT2D eigenvalue weighted by atomic mass is 15.2. The van der Waals surface area contributed by atoms with Crippen molar-refractivity contribution in [2.75, 3.05) is 13.6 Å². The number of hydrogen-bond acceptors (Lipinski definition) is 2. The fourth-order valence-corrected chi connectivity index (χ4v) is 3.22. The minimum absolute atomic E-state index is 0.715. The van der Waals surface area contributed by atoms with E-state index in [1.165, 1.54) is 44.9 Å². The zero-order chi connectivity index (χ0) is 12.7. The number of hydrogen-bond donors (Lipinski definition) is 1. The van der Waals surface area contributed by atoms with E-state index in [9.17, 15) is 0 Å². The van der Waals surface area contributed by atoms with E-state index in [1.54, 1.807) is 0 Å². The third kappa shape index (κ3) is 4.59. The lowest BCUT2D eigenvalue weighted by Gasteiger charge is -2.38. The predicted octanol–water partition coefficient (Wildman–Crippen LogP) is 3.42. The van der Waals surface area contributed by atoms with Gasteiger partial charge in [-0.1, -0.05) is 39.5 Å². The van der Waals surface area contributed by atoms with Gasteiger partial charge in [0.15, 0.2) is 0 Å². The largest absolute Gasteiger partial charge is 0.313 e. The average molecular weight is 240 g/mol. The van der Waals surface area contributed by atoms with Crippen LogP contribution in [-0.2, 0) is 0 Å². The van der Waals surface area contributed by atoms with Crippen LogP contribution in [0.4, 0.5) is 0 Å². The first-order valence-corrected chi connectivity index (χ1v) is 7.66. The third-order valence-electron chi connectivity index (χ3n) is 4.37. The third-order valence-corrected chi connectivity index (χ3v) is 4.37. The van der Waals surface area contributed by atoms with Gasteiger partial charge in [0.1, 0.15) is 0 Å². The Bertz CT molecular complexity index is 193. The number of nitrogens with zero attached hydrogens (tertiary/aromatic N) is 1. The molecule has 102 valence electrons. The van der Waals surface area contributed by atoms with Gasteiger partial charge in [-0.25, -0.2) is 0 Å². The van der Waals surface area contributed by atoms with E-state index in [0.717, 1.165) is 18.6 Å². The fraction of sp³-hybridized carbons (Fsp3) is 1.00. The van der Waals surface area contributed by atoms with Gasteiger partial charge >= 0.3 is 0 Å². The van der Waals surface area contributed by atoms with Gasteiger partial charge in [0.2, 0.25) is 0 Å². The lowest BCUT2D eigenvalue weighted by atomic mass is 9.99. The van der Waals surface area contributed by atoms with Crippen molar-refractivity contribution in [3.05, 3.63) is 0 Å². The van der Waals surface area contributed by atoms with E-state index in [0.29, 0.717) is 6.04 Å². The molecule has 0 aliphatic heterocycles. The van der Waals surface area contributed by atoms with Gasteiger partial charge in [-0.2, -0.15) is 0 Å². The number of nitrogens with one attached hydrogen (secondary N) is 1. The van der Waals surface area contributed by atoms with Crippen molar-refractivity contribution in [2.45, 2.75) is 83.8 Å². The summed E-state index contributed by atoms with van der Waals surface area (Å²) in [7, 11) is 2.33. The van der Waals surface area contributed by atoms with E-state index < -0.39 is 0 Å². The predicted molar refractivity (Wildman–Crippen MR) is 76.5 cm³/mol. The molecule has 17 heavy (non-hydrogen) atoms. The molecule has 1 N–H and O–H groups in total. The van der Waals surface area contributed by atoms with Gasteiger partial charge < -0.3 is 5.32 Å². The second-order valence-electron chi connectivity index (χ2n) is 5.67. The first-order chi connectivity index (χ1) is 8.20. The molecule has 1 saturated carbocycles. The zero-order valence-electron chi connectivity index (χ0n) is 12.3. The fourth-order valence-electron chi connectivity index (χ4n) is 3.22. The second kappa shape index (κ2) is 8.10. The van der Waals surface area contributed by atoms with Crippen LogP contribution < -0.4 is 5.32 Å². The molecule has 0 heterocycles. The van der Waals surface area contributed by atoms with Crippen LogP contribution in [0.3, 0.4) is 0 Å². The Morgan fingerprint density at radius 2 is 1.88 bits per heavy atom. The first-order valence-electron chi connectivity index (χ1n) is 7.66.